The summed E-state index contributed by atoms with van der Waals surface area (Å²) in [5.41, 5.74) is 2.16. The Bertz CT molecular complexity index is 759. The average Bonchev–Trinajstić information content (AvgIpc) is 3.34. The Morgan fingerprint density at radius 1 is 1.12 bits per heavy atom. The zero-order valence-corrected chi connectivity index (χ0v) is 14.2. The highest BCUT2D eigenvalue weighted by Gasteiger charge is 2.20. The van der Waals surface area contributed by atoms with Gasteiger partial charge >= 0.3 is 0 Å². The maximum atomic E-state index is 6.01. The molecular weight excluding hydrogens is 314 g/mol. The molecule has 1 saturated heterocycles. The minimum absolute atomic E-state index is 0.330. The van der Waals surface area contributed by atoms with Gasteiger partial charge in [0.2, 0.25) is 0 Å². The molecule has 0 saturated carbocycles. The van der Waals surface area contributed by atoms with Crippen molar-refractivity contribution in [1.82, 2.24) is 14.9 Å². The molecule has 5 nitrogen and oxygen atoms in total. The summed E-state index contributed by atoms with van der Waals surface area (Å²) in [5, 5.41) is 0. The smallest absolute Gasteiger partial charge is 0.134 e. The number of furan rings is 1. The fourth-order valence-corrected chi connectivity index (χ4v) is 3.25. The van der Waals surface area contributed by atoms with Crippen LogP contribution in [0.25, 0.3) is 11.3 Å². The molecule has 0 bridgehead atoms. The highest BCUT2D eigenvalue weighted by molar-refractivity contribution is 5.57. The van der Waals surface area contributed by atoms with E-state index in [0.717, 1.165) is 55.3 Å². The van der Waals surface area contributed by atoms with E-state index in [0.29, 0.717) is 12.7 Å². The monoisotopic (exact) mass is 337 g/mol. The lowest BCUT2D eigenvalue weighted by atomic mass is 10.1. The quantitative estimate of drug-likeness (QED) is 0.742. The molecule has 3 aromatic rings. The second kappa shape index (κ2) is 7.68. The third kappa shape index (κ3) is 4.18. The molecule has 1 fully saturated rings. The average molecular weight is 337 g/mol. The summed E-state index contributed by atoms with van der Waals surface area (Å²) in [5.74, 6) is 1.96. The van der Waals surface area contributed by atoms with Crippen molar-refractivity contribution >= 4 is 0 Å². The van der Waals surface area contributed by atoms with E-state index in [1.807, 2.05) is 24.4 Å². The molecule has 1 N–H and O–H groups in total. The summed E-state index contributed by atoms with van der Waals surface area (Å²) in [6.45, 7) is 3.55. The summed E-state index contributed by atoms with van der Waals surface area (Å²) in [4.78, 5) is 9.52. The van der Waals surface area contributed by atoms with E-state index in [9.17, 15) is 0 Å². The molecule has 1 aliphatic heterocycles. The summed E-state index contributed by atoms with van der Waals surface area (Å²) in [6, 6.07) is 14.4. The second-order valence-electron chi connectivity index (χ2n) is 6.50. The van der Waals surface area contributed by atoms with Crippen LogP contribution in [0.15, 0.2) is 59.4 Å². The number of hydrogen-bond acceptors (Lipinski definition) is 4. The lowest BCUT2D eigenvalue weighted by Crippen LogP contribution is -2.36. The SMILES string of the molecule is c1ccc(-c2ccc(CN3CCC(OCc4cnc[nH]4)CC3)o2)cc1. The van der Waals surface area contributed by atoms with Crippen molar-refractivity contribution in [3.05, 3.63) is 66.4 Å². The van der Waals surface area contributed by atoms with E-state index >= 15 is 0 Å². The number of nitrogens with zero attached hydrogens (tertiary/aromatic N) is 2. The van der Waals surface area contributed by atoms with Gasteiger partial charge in [-0.3, -0.25) is 4.90 Å². The first-order valence-electron chi connectivity index (χ1n) is 8.82. The van der Waals surface area contributed by atoms with Gasteiger partial charge in [0.25, 0.3) is 0 Å². The Labute approximate surface area is 147 Å². The van der Waals surface area contributed by atoms with Crippen molar-refractivity contribution in [2.24, 2.45) is 0 Å². The van der Waals surface area contributed by atoms with Gasteiger partial charge in [-0.25, -0.2) is 4.98 Å². The van der Waals surface area contributed by atoms with E-state index in [-0.39, 0.29) is 0 Å². The van der Waals surface area contributed by atoms with Gasteiger partial charge in [0.15, 0.2) is 0 Å². The van der Waals surface area contributed by atoms with Crippen LogP contribution in [0.1, 0.15) is 24.3 Å². The van der Waals surface area contributed by atoms with E-state index in [4.69, 9.17) is 9.15 Å². The van der Waals surface area contributed by atoms with E-state index in [1.165, 1.54) is 0 Å². The molecular formula is C20H23N3O2. The van der Waals surface area contributed by atoms with Crippen LogP contribution in [0.2, 0.25) is 0 Å². The molecule has 3 heterocycles. The van der Waals surface area contributed by atoms with Crippen molar-refractivity contribution < 1.29 is 9.15 Å². The number of rotatable bonds is 6. The van der Waals surface area contributed by atoms with E-state index in [1.54, 1.807) is 6.33 Å². The van der Waals surface area contributed by atoms with E-state index in [2.05, 4.69) is 39.1 Å². The van der Waals surface area contributed by atoms with Gasteiger partial charge in [-0.2, -0.15) is 0 Å². The Hall–Kier alpha value is -2.37. The molecule has 0 atom stereocenters. The number of aromatic amines is 1. The number of imidazole rings is 1. The molecule has 0 amide bonds. The van der Waals surface area contributed by atoms with Crippen LogP contribution in [0.4, 0.5) is 0 Å². The standard InChI is InChI=1S/C20H23N3O2/c1-2-4-16(5-3-1)20-7-6-19(25-20)13-23-10-8-18(9-11-23)24-14-17-12-21-15-22-17/h1-7,12,15,18H,8-11,13-14H2,(H,21,22). The van der Waals surface area contributed by atoms with Crippen LogP contribution in [0.3, 0.4) is 0 Å². The maximum absolute atomic E-state index is 6.01. The van der Waals surface area contributed by atoms with Crippen molar-refractivity contribution in [1.29, 1.82) is 0 Å². The highest BCUT2D eigenvalue weighted by atomic mass is 16.5. The molecule has 0 radical (unpaired) electrons. The molecule has 25 heavy (non-hydrogen) atoms. The van der Waals surface area contributed by atoms with Crippen LogP contribution in [0.5, 0.6) is 0 Å². The number of benzene rings is 1. The molecule has 2 aromatic heterocycles. The summed E-state index contributed by atoms with van der Waals surface area (Å²) >= 11 is 0. The first-order chi connectivity index (χ1) is 12.4. The van der Waals surface area contributed by atoms with Crippen LogP contribution in [-0.4, -0.2) is 34.1 Å². The lowest BCUT2D eigenvalue weighted by molar-refractivity contribution is -0.00611. The summed E-state index contributed by atoms with van der Waals surface area (Å²) in [7, 11) is 0. The van der Waals surface area contributed by atoms with Gasteiger partial charge in [-0.05, 0) is 25.0 Å². The zero-order chi connectivity index (χ0) is 16.9. The van der Waals surface area contributed by atoms with Crippen LogP contribution < -0.4 is 0 Å². The van der Waals surface area contributed by atoms with E-state index < -0.39 is 0 Å². The largest absolute Gasteiger partial charge is 0.460 e. The Morgan fingerprint density at radius 3 is 2.72 bits per heavy atom. The molecule has 1 aromatic carbocycles. The lowest BCUT2D eigenvalue weighted by Gasteiger charge is -2.31. The molecule has 0 unspecified atom stereocenters. The van der Waals surface area contributed by atoms with Gasteiger partial charge in [-0.15, -0.1) is 0 Å². The molecule has 5 heteroatoms. The molecule has 4 rings (SSSR count). The first-order valence-corrected chi connectivity index (χ1v) is 8.82. The minimum atomic E-state index is 0.330. The Morgan fingerprint density at radius 2 is 1.96 bits per heavy atom. The Balaban J connectivity index is 1.25. The van der Waals surface area contributed by atoms with Gasteiger partial charge < -0.3 is 14.1 Å². The predicted octanol–water partition coefficient (Wildman–Crippen LogP) is 3.85. The molecule has 130 valence electrons. The second-order valence-corrected chi connectivity index (χ2v) is 6.50. The van der Waals surface area contributed by atoms with Crippen molar-refractivity contribution in [3.8, 4) is 11.3 Å². The fraction of sp³-hybridized carbons (Fsp3) is 0.350. The van der Waals surface area contributed by atoms with Crippen molar-refractivity contribution in [3.63, 3.8) is 0 Å². The zero-order valence-electron chi connectivity index (χ0n) is 14.2. The predicted molar refractivity (Wildman–Crippen MR) is 95.8 cm³/mol. The molecule has 0 aliphatic carbocycles. The summed E-state index contributed by atoms with van der Waals surface area (Å²) < 4.78 is 12.0. The van der Waals surface area contributed by atoms with Crippen molar-refractivity contribution in [2.75, 3.05) is 13.1 Å². The number of H-pyrrole nitrogens is 1. The summed E-state index contributed by atoms with van der Waals surface area (Å²) in [6.07, 6.45) is 5.95. The van der Waals surface area contributed by atoms with Crippen LogP contribution >= 0.6 is 0 Å². The van der Waals surface area contributed by atoms with Gasteiger partial charge in [-0.1, -0.05) is 30.3 Å². The van der Waals surface area contributed by atoms with Gasteiger partial charge in [0.05, 0.1) is 37.5 Å². The van der Waals surface area contributed by atoms with Gasteiger partial charge in [0, 0.05) is 18.7 Å². The first kappa shape index (κ1) is 16.1. The van der Waals surface area contributed by atoms with Crippen LogP contribution in [0, 0.1) is 0 Å². The number of nitrogens with one attached hydrogen (secondary N) is 1. The van der Waals surface area contributed by atoms with Gasteiger partial charge in [0.1, 0.15) is 11.5 Å². The number of hydrogen-bond donors (Lipinski definition) is 1. The molecule has 0 spiro atoms. The van der Waals surface area contributed by atoms with Crippen LogP contribution in [-0.2, 0) is 17.9 Å². The maximum Gasteiger partial charge on any atom is 0.134 e. The van der Waals surface area contributed by atoms with Crippen molar-refractivity contribution in [2.45, 2.75) is 32.1 Å². The third-order valence-electron chi connectivity index (χ3n) is 4.66. The number of aromatic nitrogens is 2. The highest BCUT2D eigenvalue weighted by Crippen LogP contribution is 2.24. The normalized spacial score (nSPS) is 16.3. The third-order valence-corrected chi connectivity index (χ3v) is 4.66. The fourth-order valence-electron chi connectivity index (χ4n) is 3.25. The Kier molecular flexibility index (Phi) is 4.95. The minimum Gasteiger partial charge on any atom is -0.460 e. The molecule has 1 aliphatic rings. The number of ether oxygens (including phenoxy) is 1. The topological polar surface area (TPSA) is 54.3 Å². The number of likely N-dealkylation sites (tertiary alicyclic amines) is 1. The number of piperidine rings is 1.